The maximum absolute atomic E-state index is 13.5. The second-order valence-electron chi connectivity index (χ2n) is 8.45. The largest absolute Gasteiger partial charge is 0.495 e. The van der Waals surface area contributed by atoms with Crippen LogP contribution < -0.4 is 10.3 Å². The van der Waals surface area contributed by atoms with Gasteiger partial charge in [0.2, 0.25) is 5.91 Å². The second kappa shape index (κ2) is 9.36. The molecule has 7 heteroatoms. The number of benzene rings is 2. The van der Waals surface area contributed by atoms with Crippen LogP contribution >= 0.6 is 11.8 Å². The van der Waals surface area contributed by atoms with Crippen molar-refractivity contribution in [2.24, 2.45) is 0 Å². The zero-order chi connectivity index (χ0) is 22.8. The molecule has 0 aliphatic carbocycles. The third-order valence-corrected chi connectivity index (χ3v) is 7.05. The predicted molar refractivity (Wildman–Crippen MR) is 129 cm³/mol. The van der Waals surface area contributed by atoms with Gasteiger partial charge < -0.3 is 9.64 Å². The van der Waals surface area contributed by atoms with Gasteiger partial charge in [-0.25, -0.2) is 4.98 Å². The van der Waals surface area contributed by atoms with Gasteiger partial charge in [0, 0.05) is 12.1 Å². The summed E-state index contributed by atoms with van der Waals surface area (Å²) in [6, 6.07) is 13.5. The van der Waals surface area contributed by atoms with E-state index in [1.54, 1.807) is 17.7 Å². The minimum absolute atomic E-state index is 0.0832. The van der Waals surface area contributed by atoms with E-state index in [9.17, 15) is 9.59 Å². The molecular formula is C25H29N3O3S. The zero-order valence-electron chi connectivity index (χ0n) is 19.0. The summed E-state index contributed by atoms with van der Waals surface area (Å²) >= 11 is 1.31. The van der Waals surface area contributed by atoms with Crippen molar-refractivity contribution in [3.8, 4) is 11.4 Å². The van der Waals surface area contributed by atoms with Gasteiger partial charge in [0.05, 0.1) is 29.5 Å². The van der Waals surface area contributed by atoms with Crippen molar-refractivity contribution < 1.29 is 9.53 Å². The van der Waals surface area contributed by atoms with E-state index in [1.807, 2.05) is 48.2 Å². The highest BCUT2D eigenvalue weighted by atomic mass is 32.2. The fraction of sp³-hybridized carbons (Fsp3) is 0.400. The molecule has 32 heavy (non-hydrogen) atoms. The number of para-hydroxylation sites is 1. The molecule has 1 aromatic heterocycles. The van der Waals surface area contributed by atoms with E-state index >= 15 is 0 Å². The molecule has 4 rings (SSSR count). The lowest BCUT2D eigenvalue weighted by atomic mass is 9.98. The fourth-order valence-electron chi connectivity index (χ4n) is 4.51. The third kappa shape index (κ3) is 4.26. The molecule has 0 bridgehead atoms. The monoisotopic (exact) mass is 451 g/mol. The van der Waals surface area contributed by atoms with E-state index in [-0.39, 0.29) is 29.3 Å². The number of hydrogen-bond acceptors (Lipinski definition) is 5. The van der Waals surface area contributed by atoms with Crippen molar-refractivity contribution in [3.63, 3.8) is 0 Å². The number of hydrogen-bond donors (Lipinski definition) is 0. The summed E-state index contributed by atoms with van der Waals surface area (Å²) < 4.78 is 7.13. The van der Waals surface area contributed by atoms with E-state index in [0.717, 1.165) is 24.8 Å². The number of fused-ring (bicyclic) bond motifs is 1. The van der Waals surface area contributed by atoms with Crippen molar-refractivity contribution in [2.75, 3.05) is 12.9 Å². The fourth-order valence-corrected chi connectivity index (χ4v) is 5.38. The van der Waals surface area contributed by atoms with Crippen molar-refractivity contribution in [1.82, 2.24) is 14.5 Å². The summed E-state index contributed by atoms with van der Waals surface area (Å²) in [4.78, 5) is 33.4. The van der Waals surface area contributed by atoms with Crippen molar-refractivity contribution in [2.45, 2.75) is 57.3 Å². The molecule has 0 N–H and O–H groups in total. The number of piperidine rings is 1. The summed E-state index contributed by atoms with van der Waals surface area (Å²) in [6.07, 6.45) is 3.21. The van der Waals surface area contributed by atoms with E-state index in [4.69, 9.17) is 9.72 Å². The lowest BCUT2D eigenvalue weighted by molar-refractivity contribution is -0.134. The Balaban J connectivity index is 1.77. The van der Waals surface area contributed by atoms with E-state index in [0.29, 0.717) is 27.5 Å². The van der Waals surface area contributed by atoms with Crippen molar-refractivity contribution >= 4 is 28.6 Å². The molecule has 0 unspecified atom stereocenters. The number of carbonyl (C=O) groups excluding carboxylic acids is 1. The Hall–Kier alpha value is -2.80. The molecule has 1 fully saturated rings. The number of likely N-dealkylation sites (tertiary alicyclic amines) is 1. The number of methoxy groups -OCH3 is 1. The maximum Gasteiger partial charge on any atom is 0.266 e. The molecular weight excluding hydrogens is 422 g/mol. The molecule has 2 heterocycles. The Labute approximate surface area is 192 Å². The highest BCUT2D eigenvalue weighted by molar-refractivity contribution is 7.99. The van der Waals surface area contributed by atoms with Crippen LogP contribution in [0.3, 0.4) is 0 Å². The Bertz CT molecular complexity index is 1200. The number of nitrogens with zero attached hydrogens (tertiary/aromatic N) is 3. The van der Waals surface area contributed by atoms with Gasteiger partial charge in [-0.15, -0.1) is 0 Å². The first-order chi connectivity index (χ1) is 15.4. The first-order valence-corrected chi connectivity index (χ1v) is 12.0. The molecule has 2 aromatic carbocycles. The van der Waals surface area contributed by atoms with Gasteiger partial charge in [-0.3, -0.25) is 14.2 Å². The maximum atomic E-state index is 13.5. The van der Waals surface area contributed by atoms with Gasteiger partial charge in [0.25, 0.3) is 5.56 Å². The smallest absolute Gasteiger partial charge is 0.266 e. The number of thioether (sulfide) groups is 1. The molecule has 0 spiro atoms. The van der Waals surface area contributed by atoms with Gasteiger partial charge in [0.15, 0.2) is 5.16 Å². The van der Waals surface area contributed by atoms with Crippen LogP contribution in [-0.2, 0) is 4.79 Å². The summed E-state index contributed by atoms with van der Waals surface area (Å²) in [5.41, 5.74) is 2.08. The van der Waals surface area contributed by atoms with E-state index in [1.165, 1.54) is 11.8 Å². The first-order valence-electron chi connectivity index (χ1n) is 11.0. The molecule has 6 nitrogen and oxygen atoms in total. The number of amides is 1. The van der Waals surface area contributed by atoms with Crippen molar-refractivity contribution in [3.05, 3.63) is 58.4 Å². The van der Waals surface area contributed by atoms with Crippen LogP contribution in [0.4, 0.5) is 0 Å². The standard InChI is InChI=1S/C25H29N3O3S/c1-16-12-13-22(31-4)21(14-16)28-24(30)19-10-5-6-11-20(19)26-25(28)32-15-23(29)27-17(2)8-7-9-18(27)3/h5-6,10-14,17-18H,7-9,15H2,1-4H3/t17-,18-/m1/s1. The minimum atomic E-state index is -0.172. The number of carbonyl (C=O) groups is 1. The van der Waals surface area contributed by atoms with Crippen LogP contribution in [-0.4, -0.2) is 45.3 Å². The lowest BCUT2D eigenvalue weighted by Crippen LogP contribution is -2.48. The second-order valence-corrected chi connectivity index (χ2v) is 9.39. The molecule has 0 radical (unpaired) electrons. The average molecular weight is 452 g/mol. The highest BCUT2D eigenvalue weighted by Crippen LogP contribution is 2.29. The Kier molecular flexibility index (Phi) is 6.55. The van der Waals surface area contributed by atoms with Crippen molar-refractivity contribution in [1.29, 1.82) is 0 Å². The first kappa shape index (κ1) is 22.4. The van der Waals surface area contributed by atoms with Crippen LogP contribution in [0.2, 0.25) is 0 Å². The summed E-state index contributed by atoms with van der Waals surface area (Å²) in [5, 5.41) is 1.02. The molecule has 168 valence electrons. The minimum Gasteiger partial charge on any atom is -0.495 e. The van der Waals surface area contributed by atoms with Crippen LogP contribution in [0, 0.1) is 6.92 Å². The molecule has 2 atom stereocenters. The van der Waals surface area contributed by atoms with Crippen LogP contribution in [0.1, 0.15) is 38.7 Å². The summed E-state index contributed by atoms with van der Waals surface area (Å²) in [6.45, 7) is 6.19. The summed E-state index contributed by atoms with van der Waals surface area (Å²) in [7, 11) is 1.59. The van der Waals surface area contributed by atoms with Gasteiger partial charge in [-0.2, -0.15) is 0 Å². The lowest BCUT2D eigenvalue weighted by Gasteiger charge is -2.39. The van der Waals surface area contributed by atoms with Crippen LogP contribution in [0.25, 0.3) is 16.6 Å². The summed E-state index contributed by atoms with van der Waals surface area (Å²) in [5.74, 6) is 0.897. The molecule has 1 amide bonds. The Morgan fingerprint density at radius 3 is 2.59 bits per heavy atom. The van der Waals surface area contributed by atoms with E-state index in [2.05, 4.69) is 13.8 Å². The highest BCUT2D eigenvalue weighted by Gasteiger charge is 2.29. The number of ether oxygens (including phenoxy) is 1. The van der Waals surface area contributed by atoms with Gasteiger partial charge >= 0.3 is 0 Å². The molecule has 1 saturated heterocycles. The van der Waals surface area contributed by atoms with Gasteiger partial charge in [-0.05, 0) is 69.9 Å². The quantitative estimate of drug-likeness (QED) is 0.420. The third-order valence-electron chi connectivity index (χ3n) is 6.13. The zero-order valence-corrected chi connectivity index (χ0v) is 19.8. The van der Waals surface area contributed by atoms with Crippen LogP contribution in [0.15, 0.2) is 52.4 Å². The average Bonchev–Trinajstić information content (AvgIpc) is 2.77. The molecule has 1 aliphatic heterocycles. The molecule has 0 saturated carbocycles. The SMILES string of the molecule is COc1ccc(C)cc1-n1c(SCC(=O)N2[C@H](C)CCC[C@H]2C)nc2ccccc2c1=O. The number of aromatic nitrogens is 2. The van der Waals surface area contributed by atoms with Gasteiger partial charge in [0.1, 0.15) is 5.75 Å². The van der Waals surface area contributed by atoms with E-state index < -0.39 is 0 Å². The molecule has 1 aliphatic rings. The Morgan fingerprint density at radius 2 is 1.88 bits per heavy atom. The number of rotatable bonds is 5. The predicted octanol–water partition coefficient (Wildman–Crippen LogP) is 4.58. The van der Waals surface area contributed by atoms with Crippen LogP contribution in [0.5, 0.6) is 5.75 Å². The Morgan fingerprint density at radius 1 is 1.16 bits per heavy atom. The number of aryl methyl sites for hydroxylation is 1. The normalized spacial score (nSPS) is 18.7. The topological polar surface area (TPSA) is 64.4 Å². The molecule has 3 aromatic rings. The van der Waals surface area contributed by atoms with Gasteiger partial charge in [-0.1, -0.05) is 30.0 Å².